The largest absolute Gasteiger partial charge is 0.232 e. The molecule has 0 spiro atoms. The maximum absolute atomic E-state index is 10.7. The molecular formula is C9H10BrClO2S. The van der Waals surface area contributed by atoms with E-state index < -0.39 is 9.05 Å². The number of halogens is 2. The number of aryl methyl sites for hydroxylation is 2. The van der Waals surface area contributed by atoms with Gasteiger partial charge >= 0.3 is 0 Å². The van der Waals surface area contributed by atoms with Gasteiger partial charge in [0.2, 0.25) is 9.05 Å². The lowest BCUT2D eigenvalue weighted by Crippen LogP contribution is -2.01. The Hall–Kier alpha value is -0.0600. The van der Waals surface area contributed by atoms with Crippen LogP contribution >= 0.6 is 26.6 Å². The van der Waals surface area contributed by atoms with E-state index >= 15 is 0 Å². The van der Waals surface area contributed by atoms with E-state index in [9.17, 15) is 8.42 Å². The van der Waals surface area contributed by atoms with Crippen LogP contribution in [0.25, 0.3) is 0 Å². The zero-order valence-electron chi connectivity index (χ0n) is 7.63. The summed E-state index contributed by atoms with van der Waals surface area (Å²) >= 11 is 3.38. The first-order valence-electron chi connectivity index (χ1n) is 4.06. The van der Waals surface area contributed by atoms with Crippen LogP contribution in [0.5, 0.6) is 0 Å². The Morgan fingerprint density at radius 2 is 2.07 bits per heavy atom. The lowest BCUT2D eigenvalue weighted by Gasteiger charge is -2.02. The highest BCUT2D eigenvalue weighted by Gasteiger charge is 2.06. The van der Waals surface area contributed by atoms with Gasteiger partial charge in [-0.25, -0.2) is 8.42 Å². The van der Waals surface area contributed by atoms with Gasteiger partial charge in [0.15, 0.2) is 0 Å². The molecule has 0 aliphatic heterocycles. The van der Waals surface area contributed by atoms with Crippen LogP contribution in [-0.2, 0) is 15.5 Å². The number of benzene rings is 1. The molecule has 0 heterocycles. The van der Waals surface area contributed by atoms with Gasteiger partial charge in [0.05, 0.1) is 5.75 Å². The Morgan fingerprint density at radius 3 is 2.57 bits per heavy atom. The fraction of sp³-hybridized carbons (Fsp3) is 0.333. The number of hydrogen-bond acceptors (Lipinski definition) is 2. The molecule has 0 aliphatic rings. The Bertz CT molecular complexity index is 428. The fourth-order valence-corrected chi connectivity index (χ4v) is 2.17. The molecule has 1 rings (SSSR count). The molecule has 2 nitrogen and oxygen atoms in total. The van der Waals surface area contributed by atoms with Crippen LogP contribution in [0.15, 0.2) is 22.7 Å². The average Bonchev–Trinajstić information content (AvgIpc) is 2.06. The summed E-state index contributed by atoms with van der Waals surface area (Å²) in [5.41, 5.74) is 2.09. The van der Waals surface area contributed by atoms with Crippen molar-refractivity contribution >= 4 is 35.7 Å². The molecule has 0 bridgehead atoms. The van der Waals surface area contributed by atoms with Gasteiger partial charge < -0.3 is 0 Å². The highest BCUT2D eigenvalue weighted by atomic mass is 79.9. The zero-order chi connectivity index (χ0) is 10.8. The topological polar surface area (TPSA) is 34.1 Å². The van der Waals surface area contributed by atoms with E-state index in [1.165, 1.54) is 0 Å². The van der Waals surface area contributed by atoms with Crippen molar-refractivity contribution in [2.45, 2.75) is 13.3 Å². The first-order valence-corrected chi connectivity index (χ1v) is 7.33. The van der Waals surface area contributed by atoms with Crippen molar-refractivity contribution in [3.8, 4) is 0 Å². The van der Waals surface area contributed by atoms with Gasteiger partial charge in [-0.2, -0.15) is 0 Å². The van der Waals surface area contributed by atoms with Gasteiger partial charge in [0.25, 0.3) is 0 Å². The highest BCUT2D eigenvalue weighted by molar-refractivity contribution is 9.10. The van der Waals surface area contributed by atoms with E-state index in [0.29, 0.717) is 6.42 Å². The van der Waals surface area contributed by atoms with Gasteiger partial charge in [-0.1, -0.05) is 28.1 Å². The maximum Gasteiger partial charge on any atom is 0.232 e. The van der Waals surface area contributed by atoms with Gasteiger partial charge in [0.1, 0.15) is 0 Å². The quantitative estimate of drug-likeness (QED) is 0.804. The van der Waals surface area contributed by atoms with Crippen molar-refractivity contribution in [2.75, 3.05) is 5.75 Å². The van der Waals surface area contributed by atoms with Crippen LogP contribution in [0, 0.1) is 6.92 Å². The predicted octanol–water partition coefficient (Wildman–Crippen LogP) is 2.87. The zero-order valence-corrected chi connectivity index (χ0v) is 10.8. The van der Waals surface area contributed by atoms with Crippen molar-refractivity contribution in [2.24, 2.45) is 0 Å². The molecule has 0 N–H and O–H groups in total. The van der Waals surface area contributed by atoms with Crippen molar-refractivity contribution in [3.63, 3.8) is 0 Å². The molecule has 0 atom stereocenters. The standard InChI is InChI=1S/C9H10BrClO2S/c1-7-2-3-8(6-9(7)10)4-5-14(11,12)13/h2-3,6H,4-5H2,1H3. The maximum atomic E-state index is 10.7. The first-order chi connectivity index (χ1) is 6.38. The normalized spacial score (nSPS) is 11.6. The highest BCUT2D eigenvalue weighted by Crippen LogP contribution is 2.18. The molecule has 0 aliphatic carbocycles. The van der Waals surface area contributed by atoms with E-state index in [-0.39, 0.29) is 5.75 Å². The van der Waals surface area contributed by atoms with Crippen molar-refractivity contribution in [3.05, 3.63) is 33.8 Å². The molecule has 0 unspecified atom stereocenters. The third kappa shape index (κ3) is 3.98. The molecule has 0 radical (unpaired) electrons. The summed E-state index contributed by atoms with van der Waals surface area (Å²) in [6.07, 6.45) is 0.449. The van der Waals surface area contributed by atoms with Gasteiger partial charge in [-0.15, -0.1) is 0 Å². The van der Waals surface area contributed by atoms with Crippen molar-refractivity contribution in [1.82, 2.24) is 0 Å². The molecule has 78 valence electrons. The number of rotatable bonds is 3. The smallest absolute Gasteiger partial charge is 0.212 e. The molecular weight excluding hydrogens is 288 g/mol. The molecule has 0 saturated carbocycles. The van der Waals surface area contributed by atoms with Crippen LogP contribution < -0.4 is 0 Å². The summed E-state index contributed by atoms with van der Waals surface area (Å²) in [5, 5.41) is 0. The second-order valence-corrected chi connectivity index (χ2v) is 6.83. The van der Waals surface area contributed by atoms with Gasteiger partial charge in [-0.3, -0.25) is 0 Å². The lowest BCUT2D eigenvalue weighted by molar-refractivity contribution is 0.609. The van der Waals surface area contributed by atoms with E-state index in [1.54, 1.807) is 0 Å². The fourth-order valence-electron chi connectivity index (χ4n) is 1.03. The van der Waals surface area contributed by atoms with E-state index in [2.05, 4.69) is 15.9 Å². The van der Waals surface area contributed by atoms with Gasteiger partial charge in [-0.05, 0) is 30.5 Å². The van der Waals surface area contributed by atoms with Crippen LogP contribution in [0.3, 0.4) is 0 Å². The first kappa shape index (κ1) is 12.0. The van der Waals surface area contributed by atoms with Crippen LogP contribution in [0.1, 0.15) is 11.1 Å². The minimum atomic E-state index is -3.39. The molecule has 14 heavy (non-hydrogen) atoms. The second kappa shape index (κ2) is 4.64. The summed E-state index contributed by atoms with van der Waals surface area (Å²) < 4.78 is 22.4. The molecule has 0 saturated heterocycles. The van der Waals surface area contributed by atoms with E-state index in [4.69, 9.17) is 10.7 Å². The summed E-state index contributed by atoms with van der Waals surface area (Å²) in [4.78, 5) is 0. The third-order valence-electron chi connectivity index (χ3n) is 1.87. The second-order valence-electron chi connectivity index (χ2n) is 3.08. The average molecular weight is 298 g/mol. The minimum absolute atomic E-state index is 0.0238. The monoisotopic (exact) mass is 296 g/mol. The summed E-state index contributed by atoms with van der Waals surface area (Å²) in [6, 6.07) is 5.76. The van der Waals surface area contributed by atoms with Crippen molar-refractivity contribution < 1.29 is 8.42 Å². The third-order valence-corrected chi connectivity index (χ3v) is 3.88. The minimum Gasteiger partial charge on any atom is -0.212 e. The van der Waals surface area contributed by atoms with Crippen LogP contribution in [-0.4, -0.2) is 14.2 Å². The number of hydrogen-bond donors (Lipinski definition) is 0. The summed E-state index contributed by atoms with van der Waals surface area (Å²) in [7, 11) is 1.73. The molecule has 1 aromatic carbocycles. The molecule has 0 aromatic heterocycles. The van der Waals surface area contributed by atoms with E-state index in [1.807, 2.05) is 25.1 Å². The summed E-state index contributed by atoms with van der Waals surface area (Å²) in [6.45, 7) is 1.98. The Morgan fingerprint density at radius 1 is 1.43 bits per heavy atom. The van der Waals surface area contributed by atoms with E-state index in [0.717, 1.165) is 15.6 Å². The van der Waals surface area contributed by atoms with Crippen molar-refractivity contribution in [1.29, 1.82) is 0 Å². The van der Waals surface area contributed by atoms with Crippen LogP contribution in [0.4, 0.5) is 0 Å². The Kier molecular flexibility index (Phi) is 3.98. The summed E-state index contributed by atoms with van der Waals surface area (Å²) in [5.74, 6) is -0.0238. The SMILES string of the molecule is Cc1ccc(CCS(=O)(=O)Cl)cc1Br. The Labute approximate surface area is 96.8 Å². The molecule has 5 heteroatoms. The Balaban J connectivity index is 2.74. The molecule has 0 amide bonds. The predicted molar refractivity (Wildman–Crippen MR) is 62.2 cm³/mol. The van der Waals surface area contributed by atoms with Crippen LogP contribution in [0.2, 0.25) is 0 Å². The molecule has 0 fully saturated rings. The molecule has 1 aromatic rings. The van der Waals surface area contributed by atoms with Gasteiger partial charge in [0, 0.05) is 15.2 Å². The lowest BCUT2D eigenvalue weighted by atomic mass is 10.1.